The molecule has 0 spiro atoms. The lowest BCUT2D eigenvalue weighted by Gasteiger charge is -2.24. The van der Waals surface area contributed by atoms with Gasteiger partial charge in [0, 0.05) is 32.8 Å². The molecule has 0 saturated carbocycles. The SMILES string of the molecule is CCCCOc1ccc(C(=O)N(C)[C@@H]2Cc3ccc(CNC[C@H]4CCCO4)cc3C2)nc1. The number of aromatic nitrogens is 1. The van der Waals surface area contributed by atoms with Gasteiger partial charge in [-0.25, -0.2) is 4.98 Å². The quantitative estimate of drug-likeness (QED) is 0.574. The first-order valence-corrected chi connectivity index (χ1v) is 11.9. The fraction of sp³-hybridized carbons (Fsp3) is 0.538. The minimum absolute atomic E-state index is 0.0404. The van der Waals surface area contributed by atoms with Crippen molar-refractivity contribution in [2.24, 2.45) is 0 Å². The predicted molar refractivity (Wildman–Crippen MR) is 125 cm³/mol. The van der Waals surface area contributed by atoms with Gasteiger partial charge in [0.2, 0.25) is 0 Å². The third-order valence-electron chi connectivity index (χ3n) is 6.50. The average molecular weight is 438 g/mol. The van der Waals surface area contributed by atoms with Crippen LogP contribution in [0.5, 0.6) is 5.75 Å². The first-order chi connectivity index (χ1) is 15.6. The Morgan fingerprint density at radius 2 is 2.12 bits per heavy atom. The van der Waals surface area contributed by atoms with Gasteiger partial charge in [0.05, 0.1) is 18.9 Å². The zero-order valence-electron chi connectivity index (χ0n) is 19.3. The van der Waals surface area contributed by atoms with E-state index >= 15 is 0 Å². The summed E-state index contributed by atoms with van der Waals surface area (Å²) in [6.07, 6.45) is 8.21. The third kappa shape index (κ3) is 5.67. The number of unbranched alkanes of at least 4 members (excludes halogenated alkanes) is 1. The Kier molecular flexibility index (Phi) is 7.76. The number of benzene rings is 1. The van der Waals surface area contributed by atoms with E-state index in [0.29, 0.717) is 24.2 Å². The number of rotatable bonds is 10. The Balaban J connectivity index is 1.30. The molecule has 2 atom stereocenters. The minimum Gasteiger partial charge on any atom is -0.492 e. The maximum atomic E-state index is 13.0. The molecule has 0 radical (unpaired) electrons. The number of carbonyl (C=O) groups is 1. The van der Waals surface area contributed by atoms with Gasteiger partial charge in [-0.2, -0.15) is 0 Å². The molecule has 6 nitrogen and oxygen atoms in total. The molecule has 1 saturated heterocycles. The molecule has 2 aliphatic rings. The fourth-order valence-corrected chi connectivity index (χ4v) is 4.49. The Bertz CT molecular complexity index is 894. The summed E-state index contributed by atoms with van der Waals surface area (Å²) in [4.78, 5) is 19.2. The molecular formula is C26H35N3O3. The van der Waals surface area contributed by atoms with Crippen molar-refractivity contribution < 1.29 is 14.3 Å². The van der Waals surface area contributed by atoms with Crippen LogP contribution in [0, 0.1) is 0 Å². The van der Waals surface area contributed by atoms with E-state index in [1.54, 1.807) is 12.3 Å². The zero-order valence-corrected chi connectivity index (χ0v) is 19.3. The van der Waals surface area contributed by atoms with Gasteiger partial charge in [0.15, 0.2) is 0 Å². The number of amides is 1. The monoisotopic (exact) mass is 437 g/mol. The first kappa shape index (κ1) is 22.7. The lowest BCUT2D eigenvalue weighted by molar-refractivity contribution is 0.0731. The van der Waals surface area contributed by atoms with E-state index in [9.17, 15) is 4.79 Å². The number of carbonyl (C=O) groups excluding carboxylic acids is 1. The molecule has 2 aromatic rings. The van der Waals surface area contributed by atoms with Crippen LogP contribution >= 0.6 is 0 Å². The summed E-state index contributed by atoms with van der Waals surface area (Å²) in [5, 5.41) is 3.52. The highest BCUT2D eigenvalue weighted by Gasteiger charge is 2.28. The van der Waals surface area contributed by atoms with Crippen molar-refractivity contribution in [1.29, 1.82) is 0 Å². The number of hydrogen-bond acceptors (Lipinski definition) is 5. The highest BCUT2D eigenvalue weighted by Crippen LogP contribution is 2.27. The lowest BCUT2D eigenvalue weighted by Crippen LogP contribution is -2.38. The minimum atomic E-state index is -0.0404. The topological polar surface area (TPSA) is 63.7 Å². The second kappa shape index (κ2) is 10.9. The second-order valence-electron chi connectivity index (χ2n) is 8.93. The van der Waals surface area contributed by atoms with E-state index in [2.05, 4.69) is 35.4 Å². The van der Waals surface area contributed by atoms with E-state index in [0.717, 1.165) is 51.8 Å². The highest BCUT2D eigenvalue weighted by molar-refractivity contribution is 5.92. The van der Waals surface area contributed by atoms with E-state index in [1.807, 2.05) is 18.0 Å². The van der Waals surface area contributed by atoms with Gasteiger partial charge in [0.1, 0.15) is 11.4 Å². The molecule has 0 unspecified atom stereocenters. The van der Waals surface area contributed by atoms with Gasteiger partial charge in [-0.3, -0.25) is 4.79 Å². The van der Waals surface area contributed by atoms with Crippen LogP contribution in [-0.4, -0.2) is 54.7 Å². The van der Waals surface area contributed by atoms with Crippen molar-refractivity contribution in [2.45, 2.75) is 64.1 Å². The van der Waals surface area contributed by atoms with Crippen molar-refractivity contribution in [3.05, 3.63) is 58.9 Å². The summed E-state index contributed by atoms with van der Waals surface area (Å²) < 4.78 is 11.3. The summed E-state index contributed by atoms with van der Waals surface area (Å²) in [7, 11) is 1.89. The van der Waals surface area contributed by atoms with Crippen molar-refractivity contribution in [3.63, 3.8) is 0 Å². The molecule has 0 bridgehead atoms. The van der Waals surface area contributed by atoms with Crippen LogP contribution in [-0.2, 0) is 24.1 Å². The van der Waals surface area contributed by atoms with Gasteiger partial charge in [0.25, 0.3) is 5.91 Å². The third-order valence-corrected chi connectivity index (χ3v) is 6.50. The Morgan fingerprint density at radius 3 is 2.88 bits per heavy atom. The summed E-state index contributed by atoms with van der Waals surface area (Å²) >= 11 is 0. The molecule has 1 aromatic carbocycles. The Labute approximate surface area is 191 Å². The van der Waals surface area contributed by atoms with Gasteiger partial charge in [-0.05, 0) is 60.9 Å². The molecule has 6 heteroatoms. The van der Waals surface area contributed by atoms with E-state index in [-0.39, 0.29) is 11.9 Å². The first-order valence-electron chi connectivity index (χ1n) is 11.9. The van der Waals surface area contributed by atoms with Crippen LogP contribution in [0.25, 0.3) is 0 Å². The van der Waals surface area contributed by atoms with Gasteiger partial charge >= 0.3 is 0 Å². The summed E-state index contributed by atoms with van der Waals surface area (Å²) in [6.45, 7) is 5.46. The Morgan fingerprint density at radius 1 is 1.25 bits per heavy atom. The molecule has 1 amide bonds. The Hall–Kier alpha value is -2.44. The molecule has 32 heavy (non-hydrogen) atoms. The molecule has 4 rings (SSSR count). The predicted octanol–water partition coefficient (Wildman–Crippen LogP) is 3.77. The largest absolute Gasteiger partial charge is 0.492 e. The molecule has 2 heterocycles. The highest BCUT2D eigenvalue weighted by atomic mass is 16.5. The smallest absolute Gasteiger partial charge is 0.272 e. The number of nitrogens with zero attached hydrogens (tertiary/aromatic N) is 2. The molecule has 1 aliphatic heterocycles. The van der Waals surface area contributed by atoms with Crippen LogP contribution in [0.3, 0.4) is 0 Å². The van der Waals surface area contributed by atoms with Crippen molar-refractivity contribution in [1.82, 2.24) is 15.2 Å². The van der Waals surface area contributed by atoms with Crippen LogP contribution in [0.1, 0.15) is 59.8 Å². The van der Waals surface area contributed by atoms with Gasteiger partial charge in [-0.1, -0.05) is 31.5 Å². The maximum Gasteiger partial charge on any atom is 0.272 e. The van der Waals surface area contributed by atoms with Crippen molar-refractivity contribution in [2.75, 3.05) is 26.8 Å². The van der Waals surface area contributed by atoms with Crippen LogP contribution in [0.4, 0.5) is 0 Å². The normalized spacial score (nSPS) is 19.7. The molecule has 1 N–H and O–H groups in total. The summed E-state index contributed by atoms with van der Waals surface area (Å²) in [6, 6.07) is 10.5. The number of likely N-dealkylation sites (N-methyl/N-ethyl adjacent to an activating group) is 1. The van der Waals surface area contributed by atoms with Gasteiger partial charge in [-0.15, -0.1) is 0 Å². The average Bonchev–Trinajstić information content (AvgIpc) is 3.48. The summed E-state index contributed by atoms with van der Waals surface area (Å²) in [5.41, 5.74) is 4.44. The number of nitrogens with one attached hydrogen (secondary N) is 1. The standard InChI is InChI=1S/C26H35N3O3/c1-3-4-11-31-24-9-10-25(28-18-24)26(30)29(2)22-14-20-8-7-19(13-21(20)15-22)16-27-17-23-6-5-12-32-23/h7-10,13,18,22-23,27H,3-6,11-12,14-17H2,1-2H3/t22-,23-/m1/s1. The van der Waals surface area contributed by atoms with E-state index < -0.39 is 0 Å². The number of fused-ring (bicyclic) bond motifs is 1. The van der Waals surface area contributed by atoms with Crippen molar-refractivity contribution >= 4 is 5.91 Å². The lowest BCUT2D eigenvalue weighted by atomic mass is 10.1. The second-order valence-corrected chi connectivity index (χ2v) is 8.93. The summed E-state index contributed by atoms with van der Waals surface area (Å²) in [5.74, 6) is 0.674. The van der Waals surface area contributed by atoms with E-state index in [1.165, 1.54) is 23.1 Å². The molecule has 1 aromatic heterocycles. The number of pyridine rings is 1. The molecule has 1 aliphatic carbocycles. The molecular weight excluding hydrogens is 402 g/mol. The van der Waals surface area contributed by atoms with Crippen molar-refractivity contribution in [3.8, 4) is 5.75 Å². The molecule has 1 fully saturated rings. The maximum absolute atomic E-state index is 13.0. The molecule has 172 valence electrons. The fourth-order valence-electron chi connectivity index (χ4n) is 4.49. The van der Waals surface area contributed by atoms with Crippen LogP contribution < -0.4 is 10.1 Å². The number of hydrogen-bond donors (Lipinski definition) is 1. The van der Waals surface area contributed by atoms with E-state index in [4.69, 9.17) is 9.47 Å². The van der Waals surface area contributed by atoms with Gasteiger partial charge < -0.3 is 19.7 Å². The zero-order chi connectivity index (χ0) is 22.3. The van der Waals surface area contributed by atoms with Crippen LogP contribution in [0.2, 0.25) is 0 Å². The van der Waals surface area contributed by atoms with Crippen LogP contribution in [0.15, 0.2) is 36.5 Å². The number of ether oxygens (including phenoxy) is 2.